The average Bonchev–Trinajstić information content (AvgIpc) is 2.46. The van der Waals surface area contributed by atoms with Crippen molar-refractivity contribution in [2.75, 3.05) is 13.1 Å². The first-order valence-electron chi connectivity index (χ1n) is 5.08. The van der Waals surface area contributed by atoms with Crippen molar-refractivity contribution in [3.8, 4) is 0 Å². The lowest BCUT2D eigenvalue weighted by Crippen LogP contribution is -2.43. The first-order chi connectivity index (χ1) is 7.14. The zero-order valence-electron chi connectivity index (χ0n) is 9.69. The normalized spacial score (nSPS) is 25.6. The molecule has 2 N–H and O–H groups in total. The molecule has 92 valence electrons. The van der Waals surface area contributed by atoms with E-state index in [1.165, 1.54) is 4.90 Å². The Morgan fingerprint density at radius 1 is 1.38 bits per heavy atom. The quantitative estimate of drug-likeness (QED) is 0.684. The van der Waals surface area contributed by atoms with Crippen LogP contribution in [0.5, 0.6) is 0 Å². The summed E-state index contributed by atoms with van der Waals surface area (Å²) in [7, 11) is 0. The molecule has 6 heteroatoms. The number of rotatable bonds is 1. The molecule has 1 unspecified atom stereocenters. The van der Waals surface area contributed by atoms with Crippen molar-refractivity contribution in [1.82, 2.24) is 4.90 Å². The summed E-state index contributed by atoms with van der Waals surface area (Å²) in [4.78, 5) is 23.5. The van der Waals surface area contributed by atoms with Crippen LogP contribution in [0.4, 0.5) is 4.79 Å². The molecule has 0 aromatic carbocycles. The molecule has 6 nitrogen and oxygen atoms in total. The predicted molar refractivity (Wildman–Crippen MR) is 55.0 cm³/mol. The number of carbonyl (C=O) groups is 2. The second-order valence-electron chi connectivity index (χ2n) is 4.99. The smallest absolute Gasteiger partial charge is 0.410 e. The van der Waals surface area contributed by atoms with Crippen molar-refractivity contribution in [2.24, 2.45) is 0 Å². The summed E-state index contributed by atoms with van der Waals surface area (Å²) < 4.78 is 5.08. The molecule has 0 aromatic heterocycles. The van der Waals surface area contributed by atoms with Gasteiger partial charge in [0.2, 0.25) is 0 Å². The summed E-state index contributed by atoms with van der Waals surface area (Å²) in [6.45, 7) is 5.15. The number of nitrogens with zero attached hydrogens (tertiary/aromatic N) is 1. The molecule has 0 saturated carbocycles. The van der Waals surface area contributed by atoms with E-state index in [-0.39, 0.29) is 19.5 Å². The van der Waals surface area contributed by atoms with Gasteiger partial charge in [-0.05, 0) is 20.8 Å². The number of carboxylic acids is 1. The topological polar surface area (TPSA) is 87.1 Å². The Morgan fingerprint density at radius 3 is 2.31 bits per heavy atom. The third-order valence-electron chi connectivity index (χ3n) is 2.30. The maximum atomic E-state index is 11.6. The Labute approximate surface area is 93.8 Å². The zero-order valence-corrected chi connectivity index (χ0v) is 9.69. The van der Waals surface area contributed by atoms with Crippen LogP contribution in [0.3, 0.4) is 0 Å². The Kier molecular flexibility index (Phi) is 3.14. The first kappa shape index (κ1) is 12.8. The number of likely N-dealkylation sites (tertiary alicyclic amines) is 1. The maximum Gasteiger partial charge on any atom is 0.410 e. The van der Waals surface area contributed by atoms with Crippen LogP contribution in [0.15, 0.2) is 0 Å². The van der Waals surface area contributed by atoms with Crippen molar-refractivity contribution in [3.05, 3.63) is 0 Å². The monoisotopic (exact) mass is 231 g/mol. The number of ether oxygens (including phenoxy) is 1. The fraction of sp³-hybridized carbons (Fsp3) is 0.800. The van der Waals surface area contributed by atoms with Crippen LogP contribution in [-0.4, -0.2) is 51.5 Å². The highest BCUT2D eigenvalue weighted by Crippen LogP contribution is 2.23. The molecule has 1 aliphatic heterocycles. The van der Waals surface area contributed by atoms with Crippen LogP contribution in [0.2, 0.25) is 0 Å². The molecule has 1 atom stereocenters. The molecule has 0 bridgehead atoms. The lowest BCUT2D eigenvalue weighted by atomic mass is 10.0. The summed E-state index contributed by atoms with van der Waals surface area (Å²) in [5.41, 5.74) is -2.46. The summed E-state index contributed by atoms with van der Waals surface area (Å²) >= 11 is 0. The molecule has 0 aromatic rings. The standard InChI is InChI=1S/C10H17NO5/c1-9(2,3)16-8(14)11-5-4-10(15,6-11)7(12)13/h15H,4-6H2,1-3H3,(H,12,13). The van der Waals surface area contributed by atoms with Crippen LogP contribution in [0.1, 0.15) is 27.2 Å². The highest BCUT2D eigenvalue weighted by atomic mass is 16.6. The Bertz CT molecular complexity index is 309. The number of aliphatic hydroxyl groups is 1. The predicted octanol–water partition coefficient (Wildman–Crippen LogP) is 0.443. The van der Waals surface area contributed by atoms with Gasteiger partial charge in [-0.15, -0.1) is 0 Å². The van der Waals surface area contributed by atoms with Gasteiger partial charge in [-0.1, -0.05) is 0 Å². The second-order valence-corrected chi connectivity index (χ2v) is 4.99. The number of amides is 1. The lowest BCUT2D eigenvalue weighted by molar-refractivity contribution is -0.156. The van der Waals surface area contributed by atoms with E-state index in [1.807, 2.05) is 0 Å². The van der Waals surface area contributed by atoms with Gasteiger partial charge in [0.05, 0.1) is 6.54 Å². The summed E-state index contributed by atoms with van der Waals surface area (Å²) in [6.07, 6.45) is -0.564. The fourth-order valence-corrected chi connectivity index (χ4v) is 1.45. The second kappa shape index (κ2) is 3.93. The van der Waals surface area contributed by atoms with Crippen molar-refractivity contribution >= 4 is 12.1 Å². The number of carbonyl (C=O) groups excluding carboxylic acids is 1. The lowest BCUT2D eigenvalue weighted by Gasteiger charge is -2.25. The molecule has 1 heterocycles. The summed E-state index contributed by atoms with van der Waals surface area (Å²) in [6, 6.07) is 0. The van der Waals surface area contributed by atoms with E-state index in [0.29, 0.717) is 0 Å². The van der Waals surface area contributed by atoms with E-state index >= 15 is 0 Å². The van der Waals surface area contributed by atoms with Gasteiger partial charge in [0.25, 0.3) is 0 Å². The van der Waals surface area contributed by atoms with Crippen molar-refractivity contribution in [1.29, 1.82) is 0 Å². The van der Waals surface area contributed by atoms with Gasteiger partial charge in [-0.25, -0.2) is 9.59 Å². The van der Waals surface area contributed by atoms with Gasteiger partial charge in [0, 0.05) is 13.0 Å². The minimum Gasteiger partial charge on any atom is -0.479 e. The van der Waals surface area contributed by atoms with Crippen LogP contribution < -0.4 is 0 Å². The van der Waals surface area contributed by atoms with Crippen molar-refractivity contribution < 1.29 is 24.5 Å². The molecule has 0 aliphatic carbocycles. The van der Waals surface area contributed by atoms with Crippen molar-refractivity contribution in [3.63, 3.8) is 0 Å². The van der Waals surface area contributed by atoms with Gasteiger partial charge in [-0.3, -0.25) is 0 Å². The minimum atomic E-state index is -1.84. The number of hydrogen-bond donors (Lipinski definition) is 2. The Hall–Kier alpha value is -1.30. The van der Waals surface area contributed by atoms with Gasteiger partial charge in [0.15, 0.2) is 5.60 Å². The van der Waals surface area contributed by atoms with Gasteiger partial charge in [0.1, 0.15) is 5.60 Å². The van der Waals surface area contributed by atoms with E-state index in [4.69, 9.17) is 9.84 Å². The number of β-amino-alcohol motifs (C(OH)–C–C–N with tert-alkyl or cyclic N) is 1. The first-order valence-corrected chi connectivity index (χ1v) is 5.08. The van der Waals surface area contributed by atoms with Crippen LogP contribution >= 0.6 is 0 Å². The number of carboxylic acid groups (broad SMARTS) is 1. The highest BCUT2D eigenvalue weighted by molar-refractivity contribution is 5.80. The van der Waals surface area contributed by atoms with E-state index in [0.717, 1.165) is 0 Å². The maximum absolute atomic E-state index is 11.6. The Balaban J connectivity index is 2.60. The van der Waals surface area contributed by atoms with Crippen molar-refractivity contribution in [2.45, 2.75) is 38.4 Å². The molecule has 0 spiro atoms. The zero-order chi connectivity index (χ0) is 12.6. The Morgan fingerprint density at radius 2 is 1.94 bits per heavy atom. The molecule has 1 aliphatic rings. The van der Waals surface area contributed by atoms with Crippen LogP contribution in [0, 0.1) is 0 Å². The highest BCUT2D eigenvalue weighted by Gasteiger charge is 2.45. The van der Waals surface area contributed by atoms with Crippen LogP contribution in [0.25, 0.3) is 0 Å². The fourth-order valence-electron chi connectivity index (χ4n) is 1.45. The molecule has 0 radical (unpaired) electrons. The van der Waals surface area contributed by atoms with E-state index in [2.05, 4.69) is 0 Å². The third kappa shape index (κ3) is 2.85. The number of aliphatic carboxylic acids is 1. The van der Waals surface area contributed by atoms with E-state index in [9.17, 15) is 14.7 Å². The van der Waals surface area contributed by atoms with E-state index in [1.54, 1.807) is 20.8 Å². The van der Waals surface area contributed by atoms with E-state index < -0.39 is 23.3 Å². The summed E-state index contributed by atoms with van der Waals surface area (Å²) in [5.74, 6) is -1.31. The minimum absolute atomic E-state index is 0.0293. The van der Waals surface area contributed by atoms with Crippen LogP contribution in [-0.2, 0) is 9.53 Å². The third-order valence-corrected chi connectivity index (χ3v) is 2.30. The van der Waals surface area contributed by atoms with Gasteiger partial charge in [-0.2, -0.15) is 0 Å². The molecule has 1 saturated heterocycles. The molecule has 1 fully saturated rings. The molecular formula is C10H17NO5. The summed E-state index contributed by atoms with van der Waals surface area (Å²) in [5, 5.41) is 18.4. The largest absolute Gasteiger partial charge is 0.479 e. The molecule has 1 rings (SSSR count). The average molecular weight is 231 g/mol. The van der Waals surface area contributed by atoms with Gasteiger partial charge >= 0.3 is 12.1 Å². The number of hydrogen-bond acceptors (Lipinski definition) is 4. The molecular weight excluding hydrogens is 214 g/mol. The molecule has 1 amide bonds. The SMILES string of the molecule is CC(C)(C)OC(=O)N1CCC(O)(C(=O)O)C1. The van der Waals surface area contributed by atoms with Gasteiger partial charge < -0.3 is 19.8 Å². The molecule has 16 heavy (non-hydrogen) atoms.